The van der Waals surface area contributed by atoms with E-state index in [4.69, 9.17) is 10.8 Å². The number of nitrogens with zero attached hydrogens (tertiary/aromatic N) is 4. The summed E-state index contributed by atoms with van der Waals surface area (Å²) >= 11 is 0. The van der Waals surface area contributed by atoms with E-state index in [2.05, 4.69) is 15.4 Å². The van der Waals surface area contributed by atoms with Gasteiger partial charge in [-0.25, -0.2) is 9.67 Å². The van der Waals surface area contributed by atoms with Gasteiger partial charge in [0, 0.05) is 24.8 Å². The van der Waals surface area contributed by atoms with Gasteiger partial charge in [-0.2, -0.15) is 31.4 Å². The van der Waals surface area contributed by atoms with Crippen molar-refractivity contribution in [1.82, 2.24) is 19.7 Å². The predicted molar refractivity (Wildman–Crippen MR) is 125 cm³/mol. The van der Waals surface area contributed by atoms with E-state index in [1.807, 2.05) is 0 Å². The number of hydrogen-bond acceptors (Lipinski definition) is 6. The Bertz CT molecular complexity index is 1350. The second kappa shape index (κ2) is 9.87. The molecular formula is C24H22F6N6O3. The molecule has 1 fully saturated rings. The second-order valence-electron chi connectivity index (χ2n) is 9.21. The third kappa shape index (κ3) is 5.53. The van der Waals surface area contributed by atoms with Gasteiger partial charge >= 0.3 is 18.3 Å². The number of hydrogen-bond donors (Lipinski definition) is 3. The maximum absolute atomic E-state index is 14.0. The highest BCUT2D eigenvalue weighted by molar-refractivity contribution is 5.87. The third-order valence-corrected chi connectivity index (χ3v) is 6.45. The molecule has 9 nitrogen and oxygen atoms in total. The van der Waals surface area contributed by atoms with Crippen LogP contribution >= 0.6 is 0 Å². The number of carbonyl (C=O) groups is 2. The van der Waals surface area contributed by atoms with E-state index in [0.29, 0.717) is 9.58 Å². The maximum atomic E-state index is 14.0. The van der Waals surface area contributed by atoms with E-state index < -0.39 is 53.1 Å². The number of nitrogens with one attached hydrogen (secondary N) is 1. The molecule has 2 heterocycles. The standard InChI is InChI=1S/C24H22F6N6O3/c1-35(20(37)14-10-22(31,11-14)21(38)39)18(23(25,26)27)13-5-7-15(8-6-13)34-16-12-33-36(19(16)24(28,29)30)17-4-2-3-9-32-17/h2-9,12,14,18,34H,10-11,31H2,1H3,(H,38,39)/t14?,18-,22?/m0/s1. The van der Waals surface area contributed by atoms with Crippen molar-refractivity contribution in [3.05, 3.63) is 66.1 Å². The first kappa shape index (κ1) is 27.9. The Labute approximate surface area is 217 Å². The summed E-state index contributed by atoms with van der Waals surface area (Å²) in [4.78, 5) is 28.2. The molecule has 1 amide bonds. The minimum atomic E-state index is -4.90. The van der Waals surface area contributed by atoms with Crippen molar-refractivity contribution in [2.45, 2.75) is 36.8 Å². The molecule has 4 N–H and O–H groups in total. The lowest BCUT2D eigenvalue weighted by Crippen LogP contribution is -2.61. The number of aromatic nitrogens is 3. The number of carboxylic acid groups (broad SMARTS) is 1. The van der Waals surface area contributed by atoms with Crippen LogP contribution < -0.4 is 11.1 Å². The Morgan fingerprint density at radius 1 is 1.13 bits per heavy atom. The molecule has 0 aliphatic heterocycles. The lowest BCUT2D eigenvalue weighted by atomic mass is 9.68. The van der Waals surface area contributed by atoms with Crippen molar-refractivity contribution in [2.75, 3.05) is 12.4 Å². The van der Waals surface area contributed by atoms with Crippen LogP contribution in [0.4, 0.5) is 37.7 Å². The van der Waals surface area contributed by atoms with E-state index in [9.17, 15) is 35.9 Å². The first-order valence-electron chi connectivity index (χ1n) is 11.4. The molecule has 0 radical (unpaired) electrons. The molecule has 0 spiro atoms. The second-order valence-corrected chi connectivity index (χ2v) is 9.21. The summed E-state index contributed by atoms with van der Waals surface area (Å²) < 4.78 is 84.2. The first-order chi connectivity index (χ1) is 18.1. The minimum absolute atomic E-state index is 0.0353. The summed E-state index contributed by atoms with van der Waals surface area (Å²) in [5, 5.41) is 15.4. The predicted octanol–water partition coefficient (Wildman–Crippen LogP) is 4.28. The van der Waals surface area contributed by atoms with Gasteiger partial charge in [-0.3, -0.25) is 9.59 Å². The van der Waals surface area contributed by atoms with Crippen molar-refractivity contribution in [3.8, 4) is 5.82 Å². The number of amides is 1. The average molecular weight is 556 g/mol. The molecule has 1 saturated carbocycles. The Kier molecular flexibility index (Phi) is 7.06. The summed E-state index contributed by atoms with van der Waals surface area (Å²) in [6, 6.07) is 6.31. The van der Waals surface area contributed by atoms with Crippen molar-refractivity contribution < 1.29 is 41.0 Å². The summed E-state index contributed by atoms with van der Waals surface area (Å²) in [6.07, 6.45) is -8.12. The number of benzene rings is 1. The van der Waals surface area contributed by atoms with Gasteiger partial charge in [-0.1, -0.05) is 18.2 Å². The molecule has 1 aliphatic rings. The quantitative estimate of drug-likeness (QED) is 0.371. The van der Waals surface area contributed by atoms with E-state index in [1.165, 1.54) is 24.4 Å². The number of aliphatic carboxylic acids is 1. The number of anilines is 2. The number of carboxylic acids is 1. The van der Waals surface area contributed by atoms with Crippen LogP contribution in [-0.2, 0) is 15.8 Å². The molecule has 3 aromatic rings. The van der Waals surface area contributed by atoms with Crippen LogP contribution in [0.2, 0.25) is 0 Å². The molecule has 15 heteroatoms. The molecule has 39 heavy (non-hydrogen) atoms. The molecule has 0 unspecified atom stereocenters. The van der Waals surface area contributed by atoms with Crippen LogP contribution in [0.25, 0.3) is 5.82 Å². The highest BCUT2D eigenvalue weighted by atomic mass is 19.4. The fourth-order valence-corrected chi connectivity index (χ4v) is 4.49. The van der Waals surface area contributed by atoms with Gasteiger partial charge in [0.2, 0.25) is 5.91 Å². The summed E-state index contributed by atoms with van der Waals surface area (Å²) in [6.45, 7) is 0. The molecule has 0 bridgehead atoms. The fourth-order valence-electron chi connectivity index (χ4n) is 4.49. The average Bonchev–Trinajstić information content (AvgIpc) is 3.26. The van der Waals surface area contributed by atoms with Crippen LogP contribution in [0, 0.1) is 5.92 Å². The molecular weight excluding hydrogens is 534 g/mol. The SMILES string of the molecule is CN(C(=O)C1CC(N)(C(=O)O)C1)[C@@H](c1ccc(Nc2cnn(-c3ccccn3)c2C(F)(F)F)cc1)C(F)(F)F. The smallest absolute Gasteiger partial charge is 0.435 e. The largest absolute Gasteiger partial charge is 0.480 e. The van der Waals surface area contributed by atoms with Gasteiger partial charge in [-0.15, -0.1) is 0 Å². The summed E-state index contributed by atoms with van der Waals surface area (Å²) in [5.74, 6) is -3.34. The number of alkyl halides is 6. The zero-order valence-corrected chi connectivity index (χ0v) is 20.2. The highest BCUT2D eigenvalue weighted by Gasteiger charge is 2.53. The zero-order chi connectivity index (χ0) is 28.8. The molecule has 1 atom stereocenters. The van der Waals surface area contributed by atoms with Crippen LogP contribution in [0.15, 0.2) is 54.9 Å². The van der Waals surface area contributed by atoms with E-state index in [-0.39, 0.29) is 29.9 Å². The number of rotatable bonds is 7. The summed E-state index contributed by atoms with van der Waals surface area (Å²) in [7, 11) is 0.950. The van der Waals surface area contributed by atoms with Gasteiger partial charge in [0.05, 0.1) is 11.9 Å². The Hall–Kier alpha value is -4.14. The molecule has 4 rings (SSSR count). The lowest BCUT2D eigenvalue weighted by molar-refractivity contribution is -0.193. The van der Waals surface area contributed by atoms with Gasteiger partial charge in [0.25, 0.3) is 0 Å². The number of nitrogens with two attached hydrogens (primary N) is 1. The number of carbonyl (C=O) groups excluding carboxylic acids is 1. The fraction of sp³-hybridized carbons (Fsp3) is 0.333. The first-order valence-corrected chi connectivity index (χ1v) is 11.4. The van der Waals surface area contributed by atoms with Gasteiger partial charge in [-0.05, 0) is 42.7 Å². The van der Waals surface area contributed by atoms with Crippen LogP contribution in [0.1, 0.15) is 30.1 Å². The minimum Gasteiger partial charge on any atom is -0.480 e. The molecule has 1 aliphatic carbocycles. The van der Waals surface area contributed by atoms with Crippen molar-refractivity contribution in [3.63, 3.8) is 0 Å². The van der Waals surface area contributed by atoms with Gasteiger partial charge in [0.1, 0.15) is 5.54 Å². The third-order valence-electron chi connectivity index (χ3n) is 6.45. The van der Waals surface area contributed by atoms with Crippen LogP contribution in [-0.4, -0.2) is 55.4 Å². The highest BCUT2D eigenvalue weighted by Crippen LogP contribution is 2.43. The lowest BCUT2D eigenvalue weighted by Gasteiger charge is -2.43. The molecule has 1 aromatic carbocycles. The maximum Gasteiger partial charge on any atom is 0.435 e. The van der Waals surface area contributed by atoms with Crippen LogP contribution in [0.3, 0.4) is 0 Å². The van der Waals surface area contributed by atoms with Crippen molar-refractivity contribution in [2.24, 2.45) is 11.7 Å². The van der Waals surface area contributed by atoms with E-state index in [1.54, 1.807) is 0 Å². The van der Waals surface area contributed by atoms with Crippen molar-refractivity contribution >= 4 is 23.3 Å². The van der Waals surface area contributed by atoms with Gasteiger partial charge < -0.3 is 21.1 Å². The van der Waals surface area contributed by atoms with Gasteiger partial charge in [0.15, 0.2) is 17.6 Å². The monoisotopic (exact) mass is 556 g/mol. The molecule has 0 saturated heterocycles. The van der Waals surface area contributed by atoms with E-state index >= 15 is 0 Å². The Morgan fingerprint density at radius 3 is 2.28 bits per heavy atom. The number of pyridine rings is 1. The van der Waals surface area contributed by atoms with Crippen molar-refractivity contribution in [1.29, 1.82) is 0 Å². The summed E-state index contributed by atoms with van der Waals surface area (Å²) in [5.41, 5.74) is 2.03. The molecule has 208 valence electrons. The Balaban J connectivity index is 1.57. The topological polar surface area (TPSA) is 126 Å². The van der Waals surface area contributed by atoms with E-state index in [0.717, 1.165) is 37.5 Å². The van der Waals surface area contributed by atoms with Crippen LogP contribution in [0.5, 0.6) is 0 Å². The zero-order valence-electron chi connectivity index (χ0n) is 20.2. The number of halogens is 6. The Morgan fingerprint density at radius 2 is 1.77 bits per heavy atom. The molecule has 2 aromatic heterocycles. The normalized spacial score (nSPS) is 20.2.